The molecule has 3 fully saturated rings. The van der Waals surface area contributed by atoms with Crippen LogP contribution in [0.3, 0.4) is 0 Å². The SMILES string of the molecule is C=Cc1ccc(CC2CCC(CC3CCC(CC4CCC(CC)CC4)CC3)CC2)cc1. The van der Waals surface area contributed by atoms with Gasteiger partial charge < -0.3 is 0 Å². The molecule has 0 aliphatic heterocycles. The van der Waals surface area contributed by atoms with E-state index < -0.39 is 0 Å². The first-order chi connectivity index (χ1) is 15.2. The van der Waals surface area contributed by atoms with Gasteiger partial charge in [-0.15, -0.1) is 0 Å². The van der Waals surface area contributed by atoms with Crippen LogP contribution in [0.2, 0.25) is 0 Å². The summed E-state index contributed by atoms with van der Waals surface area (Å²) in [5.74, 6) is 6.21. The normalized spacial score (nSPS) is 34.4. The third-order valence-electron chi connectivity index (χ3n) is 9.55. The fourth-order valence-electron chi connectivity index (χ4n) is 7.32. The van der Waals surface area contributed by atoms with Crippen molar-refractivity contribution in [1.29, 1.82) is 0 Å². The summed E-state index contributed by atoms with van der Waals surface area (Å²) >= 11 is 0. The van der Waals surface area contributed by atoms with Gasteiger partial charge in [-0.2, -0.15) is 0 Å². The molecule has 0 radical (unpaired) electrons. The fourth-order valence-corrected chi connectivity index (χ4v) is 7.32. The Morgan fingerprint density at radius 1 is 0.613 bits per heavy atom. The zero-order chi connectivity index (χ0) is 21.5. The maximum atomic E-state index is 3.87. The smallest absolute Gasteiger partial charge is 0.0250 e. The van der Waals surface area contributed by atoms with Gasteiger partial charge >= 0.3 is 0 Å². The summed E-state index contributed by atoms with van der Waals surface area (Å²) in [5.41, 5.74) is 2.77. The summed E-state index contributed by atoms with van der Waals surface area (Å²) in [7, 11) is 0. The average molecular weight is 421 g/mol. The minimum Gasteiger partial charge on any atom is -0.0985 e. The molecule has 0 nitrogen and oxygen atoms in total. The Labute approximate surface area is 193 Å². The van der Waals surface area contributed by atoms with Crippen LogP contribution >= 0.6 is 0 Å². The minimum atomic E-state index is 0.921. The van der Waals surface area contributed by atoms with Crippen LogP contribution in [0, 0.1) is 35.5 Å². The van der Waals surface area contributed by atoms with Crippen LogP contribution in [0.25, 0.3) is 6.08 Å². The lowest BCUT2D eigenvalue weighted by molar-refractivity contribution is 0.163. The fraction of sp³-hybridized carbons (Fsp3) is 0.742. The number of benzene rings is 1. The molecule has 0 bridgehead atoms. The Bertz CT molecular complexity index is 631. The molecule has 0 amide bonds. The van der Waals surface area contributed by atoms with E-state index >= 15 is 0 Å². The Morgan fingerprint density at radius 3 is 1.39 bits per heavy atom. The lowest BCUT2D eigenvalue weighted by Crippen LogP contribution is -2.23. The highest BCUT2D eigenvalue weighted by molar-refractivity contribution is 5.47. The number of rotatable bonds is 8. The number of hydrogen-bond acceptors (Lipinski definition) is 0. The summed E-state index contributed by atoms with van der Waals surface area (Å²) in [6.07, 6.45) is 26.0. The van der Waals surface area contributed by atoms with Gasteiger partial charge in [0.2, 0.25) is 0 Å². The predicted molar refractivity (Wildman–Crippen MR) is 136 cm³/mol. The van der Waals surface area contributed by atoms with Crippen LogP contribution in [0.4, 0.5) is 0 Å². The molecular weight excluding hydrogens is 372 g/mol. The van der Waals surface area contributed by atoms with E-state index in [0.29, 0.717) is 0 Å². The van der Waals surface area contributed by atoms with E-state index in [2.05, 4.69) is 37.8 Å². The van der Waals surface area contributed by atoms with Crippen molar-refractivity contribution in [1.82, 2.24) is 0 Å². The largest absolute Gasteiger partial charge is 0.0985 e. The highest BCUT2D eigenvalue weighted by Crippen LogP contribution is 2.42. The third kappa shape index (κ3) is 6.97. The van der Waals surface area contributed by atoms with Gasteiger partial charge in [-0.3, -0.25) is 0 Å². The summed E-state index contributed by atoms with van der Waals surface area (Å²) in [6, 6.07) is 9.08. The van der Waals surface area contributed by atoms with Gasteiger partial charge in [-0.1, -0.05) is 114 Å². The van der Waals surface area contributed by atoms with E-state index in [1.165, 1.54) is 62.5 Å². The van der Waals surface area contributed by atoms with Crippen LogP contribution in [0.5, 0.6) is 0 Å². The molecule has 3 aliphatic rings. The van der Waals surface area contributed by atoms with E-state index in [1.54, 1.807) is 51.4 Å². The van der Waals surface area contributed by atoms with Gasteiger partial charge in [0.15, 0.2) is 0 Å². The molecule has 0 heteroatoms. The van der Waals surface area contributed by atoms with Gasteiger partial charge in [0.1, 0.15) is 0 Å². The molecule has 0 unspecified atom stereocenters. The van der Waals surface area contributed by atoms with Crippen LogP contribution in [0.15, 0.2) is 30.8 Å². The molecule has 1 aromatic rings. The highest BCUT2D eigenvalue weighted by atomic mass is 14.3. The zero-order valence-corrected chi connectivity index (χ0v) is 20.4. The Morgan fingerprint density at radius 2 is 1.00 bits per heavy atom. The van der Waals surface area contributed by atoms with Crippen molar-refractivity contribution in [2.75, 3.05) is 0 Å². The minimum absolute atomic E-state index is 0.921. The topological polar surface area (TPSA) is 0 Å². The van der Waals surface area contributed by atoms with Crippen molar-refractivity contribution in [2.24, 2.45) is 35.5 Å². The second-order valence-corrected chi connectivity index (χ2v) is 11.7. The van der Waals surface area contributed by atoms with Crippen molar-refractivity contribution in [3.8, 4) is 0 Å². The van der Waals surface area contributed by atoms with Gasteiger partial charge in [-0.25, -0.2) is 0 Å². The van der Waals surface area contributed by atoms with E-state index in [-0.39, 0.29) is 0 Å². The van der Waals surface area contributed by atoms with Crippen molar-refractivity contribution in [3.05, 3.63) is 42.0 Å². The second kappa shape index (κ2) is 11.7. The Hall–Kier alpha value is -1.04. The van der Waals surface area contributed by atoms with E-state index in [4.69, 9.17) is 0 Å². The average Bonchev–Trinajstić information content (AvgIpc) is 2.82. The molecule has 0 N–H and O–H groups in total. The Balaban J connectivity index is 1.11. The molecule has 0 atom stereocenters. The van der Waals surface area contributed by atoms with E-state index in [9.17, 15) is 0 Å². The first-order valence-electron chi connectivity index (χ1n) is 13.9. The molecule has 3 aliphatic carbocycles. The molecular formula is C31H48. The van der Waals surface area contributed by atoms with Crippen molar-refractivity contribution in [3.63, 3.8) is 0 Å². The predicted octanol–water partition coefficient (Wildman–Crippen LogP) is 9.48. The highest BCUT2D eigenvalue weighted by Gasteiger charge is 2.29. The Kier molecular flexibility index (Phi) is 8.74. The maximum absolute atomic E-state index is 3.87. The van der Waals surface area contributed by atoms with E-state index in [1.807, 2.05) is 6.08 Å². The summed E-state index contributed by atoms with van der Waals surface area (Å²) in [6.45, 7) is 6.26. The van der Waals surface area contributed by atoms with Gasteiger partial charge in [-0.05, 0) is 78.7 Å². The molecule has 0 aromatic heterocycles. The molecule has 1 aromatic carbocycles. The number of hydrogen-bond donors (Lipinski definition) is 0. The summed E-state index contributed by atoms with van der Waals surface area (Å²) in [4.78, 5) is 0. The molecule has 4 rings (SSSR count). The molecule has 0 heterocycles. The van der Waals surface area contributed by atoms with Gasteiger partial charge in [0, 0.05) is 0 Å². The lowest BCUT2D eigenvalue weighted by Gasteiger charge is -2.36. The first kappa shape index (κ1) is 23.1. The van der Waals surface area contributed by atoms with Gasteiger partial charge in [0.25, 0.3) is 0 Å². The van der Waals surface area contributed by atoms with Crippen molar-refractivity contribution < 1.29 is 0 Å². The van der Waals surface area contributed by atoms with Crippen LogP contribution < -0.4 is 0 Å². The van der Waals surface area contributed by atoms with Crippen LogP contribution in [-0.4, -0.2) is 0 Å². The lowest BCUT2D eigenvalue weighted by atomic mass is 9.70. The molecule has 0 spiro atoms. The molecule has 0 saturated heterocycles. The monoisotopic (exact) mass is 420 g/mol. The van der Waals surface area contributed by atoms with Gasteiger partial charge in [0.05, 0.1) is 0 Å². The van der Waals surface area contributed by atoms with Crippen LogP contribution in [0.1, 0.15) is 114 Å². The maximum Gasteiger partial charge on any atom is -0.0250 e. The van der Waals surface area contributed by atoms with Crippen molar-refractivity contribution in [2.45, 2.75) is 110 Å². The van der Waals surface area contributed by atoms with Crippen molar-refractivity contribution >= 4 is 6.08 Å². The third-order valence-corrected chi connectivity index (χ3v) is 9.55. The molecule has 3 saturated carbocycles. The quantitative estimate of drug-likeness (QED) is 0.393. The van der Waals surface area contributed by atoms with Crippen LogP contribution in [-0.2, 0) is 6.42 Å². The van der Waals surface area contributed by atoms with E-state index in [0.717, 1.165) is 35.5 Å². The molecule has 172 valence electrons. The zero-order valence-electron chi connectivity index (χ0n) is 20.4. The summed E-state index contributed by atoms with van der Waals surface area (Å²) < 4.78 is 0. The first-order valence-corrected chi connectivity index (χ1v) is 13.9. The standard InChI is InChI=1S/C31H48/c1-3-24-5-9-26(10-6-24)21-28-13-17-30(18-14-28)23-31-19-15-29(16-20-31)22-27-11-7-25(4-2)8-12-27/h3,5-6,9-10,25,27-31H,1,4,7-8,11-23H2,2H3. The molecule has 31 heavy (non-hydrogen) atoms. The second-order valence-electron chi connectivity index (χ2n) is 11.7. The summed E-state index contributed by atoms with van der Waals surface area (Å²) in [5, 5.41) is 0.